The second-order valence-corrected chi connectivity index (χ2v) is 7.27. The van der Waals surface area contributed by atoms with E-state index in [-0.39, 0.29) is 18.2 Å². The number of nitrogens with one attached hydrogen (secondary N) is 1. The van der Waals surface area contributed by atoms with Gasteiger partial charge in [0.1, 0.15) is 15.9 Å². The van der Waals surface area contributed by atoms with Gasteiger partial charge in [-0.15, -0.1) is 0 Å². The minimum Gasteiger partial charge on any atom is -0.480 e. The van der Waals surface area contributed by atoms with E-state index >= 15 is 0 Å². The number of amides is 2. The highest BCUT2D eigenvalue weighted by atomic mass is 32.2. The molecule has 0 rings (SSSR count). The Balaban J connectivity index is 4.59. The molecule has 0 aromatic carbocycles. The molecule has 0 radical (unpaired) electrons. The molecule has 0 aliphatic heterocycles. The molecular weight excluding hydrogens is 284 g/mol. The highest BCUT2D eigenvalue weighted by molar-refractivity contribution is 7.90. The monoisotopic (exact) mass is 308 g/mol. The number of carboxylic acid groups (broad SMARTS) is 1. The van der Waals surface area contributed by atoms with E-state index in [0.29, 0.717) is 0 Å². The van der Waals surface area contributed by atoms with Gasteiger partial charge in [-0.3, -0.25) is 0 Å². The summed E-state index contributed by atoms with van der Waals surface area (Å²) in [5.41, 5.74) is 0. The third kappa shape index (κ3) is 7.32. The molecular formula is C12H24N2O5S. The Morgan fingerprint density at radius 2 is 1.85 bits per heavy atom. The van der Waals surface area contributed by atoms with Crippen molar-refractivity contribution in [2.24, 2.45) is 0 Å². The summed E-state index contributed by atoms with van der Waals surface area (Å²) < 4.78 is 22.1. The summed E-state index contributed by atoms with van der Waals surface area (Å²) in [5, 5.41) is 11.4. The van der Waals surface area contributed by atoms with Crippen molar-refractivity contribution in [1.82, 2.24) is 10.2 Å². The summed E-state index contributed by atoms with van der Waals surface area (Å²) in [7, 11) is -1.67. The second kappa shape index (κ2) is 8.08. The van der Waals surface area contributed by atoms with Crippen LogP contribution in [0.2, 0.25) is 0 Å². The van der Waals surface area contributed by atoms with Gasteiger partial charge in [0.2, 0.25) is 0 Å². The lowest BCUT2D eigenvalue weighted by atomic mass is 10.2. The van der Waals surface area contributed by atoms with Gasteiger partial charge in [0.25, 0.3) is 0 Å². The number of hydrogen-bond acceptors (Lipinski definition) is 4. The molecule has 0 saturated carbocycles. The Hall–Kier alpha value is -1.31. The van der Waals surface area contributed by atoms with Gasteiger partial charge in [-0.1, -0.05) is 13.3 Å². The lowest BCUT2D eigenvalue weighted by Crippen LogP contribution is -2.49. The van der Waals surface area contributed by atoms with Crippen LogP contribution < -0.4 is 5.32 Å². The Kier molecular flexibility index (Phi) is 7.55. The molecule has 0 saturated heterocycles. The first-order valence-corrected chi connectivity index (χ1v) is 8.58. The van der Waals surface area contributed by atoms with Crippen LogP contribution in [0, 0.1) is 0 Å². The summed E-state index contributed by atoms with van der Waals surface area (Å²) >= 11 is 0. The molecule has 118 valence electrons. The SMILES string of the molecule is CCCC(C)N(C)C(=O)NC(CCS(C)(=O)=O)C(=O)O. The van der Waals surface area contributed by atoms with Crippen molar-refractivity contribution in [3.63, 3.8) is 0 Å². The van der Waals surface area contributed by atoms with Crippen molar-refractivity contribution in [2.45, 2.75) is 45.2 Å². The first kappa shape index (κ1) is 18.7. The van der Waals surface area contributed by atoms with Crippen molar-refractivity contribution in [3.05, 3.63) is 0 Å². The van der Waals surface area contributed by atoms with E-state index in [1.165, 1.54) is 4.90 Å². The van der Waals surface area contributed by atoms with Crippen LogP contribution in [0.4, 0.5) is 4.79 Å². The van der Waals surface area contributed by atoms with Gasteiger partial charge in [-0.05, 0) is 19.8 Å². The number of carboxylic acids is 1. The van der Waals surface area contributed by atoms with Gasteiger partial charge in [0.15, 0.2) is 0 Å². The standard InChI is InChI=1S/C12H24N2O5S/c1-5-6-9(2)14(3)12(17)13-10(11(15)16)7-8-20(4,18)19/h9-10H,5-8H2,1-4H3,(H,13,17)(H,15,16). The van der Waals surface area contributed by atoms with Crippen LogP contribution in [-0.4, -0.2) is 61.6 Å². The molecule has 0 heterocycles. The summed E-state index contributed by atoms with van der Waals surface area (Å²) in [4.78, 5) is 24.4. The zero-order chi connectivity index (χ0) is 15.9. The largest absolute Gasteiger partial charge is 0.480 e. The molecule has 2 unspecified atom stereocenters. The number of urea groups is 1. The summed E-state index contributed by atoms with van der Waals surface area (Å²) in [6, 6.07) is -1.72. The summed E-state index contributed by atoms with van der Waals surface area (Å²) in [6.07, 6.45) is 2.61. The van der Waals surface area contributed by atoms with E-state index in [2.05, 4.69) is 5.32 Å². The molecule has 0 bridgehead atoms. The highest BCUT2D eigenvalue weighted by Gasteiger charge is 2.24. The third-order valence-electron chi connectivity index (χ3n) is 3.06. The van der Waals surface area contributed by atoms with Crippen LogP contribution in [0.3, 0.4) is 0 Å². The maximum Gasteiger partial charge on any atom is 0.326 e. The molecule has 2 atom stereocenters. The maximum atomic E-state index is 11.9. The van der Waals surface area contributed by atoms with Crippen LogP contribution in [0.1, 0.15) is 33.1 Å². The normalized spacial score (nSPS) is 14.4. The number of aliphatic carboxylic acids is 1. The third-order valence-corrected chi connectivity index (χ3v) is 4.04. The van der Waals surface area contributed by atoms with Crippen molar-refractivity contribution >= 4 is 21.8 Å². The number of carbonyl (C=O) groups excluding carboxylic acids is 1. The number of nitrogens with zero attached hydrogens (tertiary/aromatic N) is 1. The number of hydrogen-bond donors (Lipinski definition) is 2. The van der Waals surface area contributed by atoms with Crippen LogP contribution in [0.5, 0.6) is 0 Å². The van der Waals surface area contributed by atoms with Crippen molar-refractivity contribution in [1.29, 1.82) is 0 Å². The van der Waals surface area contributed by atoms with Crippen molar-refractivity contribution < 1.29 is 23.1 Å². The van der Waals surface area contributed by atoms with E-state index in [0.717, 1.165) is 19.1 Å². The molecule has 0 aliphatic rings. The van der Waals surface area contributed by atoms with E-state index in [1.54, 1.807) is 7.05 Å². The smallest absolute Gasteiger partial charge is 0.326 e. The lowest BCUT2D eigenvalue weighted by Gasteiger charge is -2.26. The molecule has 20 heavy (non-hydrogen) atoms. The van der Waals surface area contributed by atoms with Gasteiger partial charge >= 0.3 is 12.0 Å². The van der Waals surface area contributed by atoms with Crippen molar-refractivity contribution in [3.8, 4) is 0 Å². The average molecular weight is 308 g/mol. The fourth-order valence-corrected chi connectivity index (χ4v) is 2.32. The topological polar surface area (TPSA) is 104 Å². The molecule has 0 fully saturated rings. The number of rotatable bonds is 8. The van der Waals surface area contributed by atoms with Gasteiger partial charge in [0.05, 0.1) is 5.75 Å². The molecule has 0 aromatic rings. The highest BCUT2D eigenvalue weighted by Crippen LogP contribution is 2.05. The molecule has 0 aromatic heterocycles. The van der Waals surface area contributed by atoms with Crippen LogP contribution in [-0.2, 0) is 14.6 Å². The average Bonchev–Trinajstić information content (AvgIpc) is 2.31. The first-order chi connectivity index (χ1) is 9.08. The predicted octanol–water partition coefficient (Wildman–Crippen LogP) is 0.704. The van der Waals surface area contributed by atoms with E-state index < -0.39 is 27.9 Å². The first-order valence-electron chi connectivity index (χ1n) is 6.52. The minimum atomic E-state index is -3.26. The van der Waals surface area contributed by atoms with Gasteiger partial charge in [0, 0.05) is 19.3 Å². The Morgan fingerprint density at radius 1 is 1.30 bits per heavy atom. The predicted molar refractivity (Wildman–Crippen MR) is 76.4 cm³/mol. The zero-order valence-electron chi connectivity index (χ0n) is 12.4. The summed E-state index contributed by atoms with van der Waals surface area (Å²) in [6.45, 7) is 3.86. The Bertz CT molecular complexity index is 435. The number of carbonyl (C=O) groups is 2. The minimum absolute atomic E-state index is 0.00986. The second-order valence-electron chi connectivity index (χ2n) is 5.01. The molecule has 8 heteroatoms. The van der Waals surface area contributed by atoms with Gasteiger partial charge in [-0.2, -0.15) is 0 Å². The maximum absolute atomic E-state index is 11.9. The molecule has 0 spiro atoms. The van der Waals surface area contributed by atoms with Crippen LogP contribution in [0.15, 0.2) is 0 Å². The lowest BCUT2D eigenvalue weighted by molar-refractivity contribution is -0.139. The van der Waals surface area contributed by atoms with Crippen molar-refractivity contribution in [2.75, 3.05) is 19.1 Å². The fraction of sp³-hybridized carbons (Fsp3) is 0.833. The Labute approximate surface area is 120 Å². The summed E-state index contributed by atoms with van der Waals surface area (Å²) in [5.74, 6) is -1.52. The quantitative estimate of drug-likeness (QED) is 0.687. The molecule has 2 amide bonds. The van der Waals surface area contributed by atoms with Crippen LogP contribution >= 0.6 is 0 Å². The number of sulfone groups is 1. The van der Waals surface area contributed by atoms with E-state index in [9.17, 15) is 18.0 Å². The molecule has 0 aliphatic carbocycles. The fourth-order valence-electron chi connectivity index (χ4n) is 1.65. The zero-order valence-corrected chi connectivity index (χ0v) is 13.2. The van der Waals surface area contributed by atoms with E-state index in [1.807, 2.05) is 13.8 Å². The van der Waals surface area contributed by atoms with Gasteiger partial charge < -0.3 is 15.3 Å². The van der Waals surface area contributed by atoms with E-state index in [4.69, 9.17) is 5.11 Å². The molecule has 7 nitrogen and oxygen atoms in total. The Morgan fingerprint density at radius 3 is 2.25 bits per heavy atom. The molecule has 2 N–H and O–H groups in total. The van der Waals surface area contributed by atoms with Gasteiger partial charge in [-0.25, -0.2) is 18.0 Å². The van der Waals surface area contributed by atoms with Crippen LogP contribution in [0.25, 0.3) is 0 Å².